The Hall–Kier alpha value is -3.32. The SMILES string of the molecule is C=CN(Cc1ccc(F)cc1)Cc1cc(N(CCC)CCC)cc(C)c1C.CC.CCc1cccnc1.OC(F)F. The summed E-state index contributed by atoms with van der Waals surface area (Å²) in [5.74, 6) is -0.199. The zero-order chi connectivity index (χ0) is 31.2. The van der Waals surface area contributed by atoms with E-state index in [0.717, 1.165) is 51.0 Å². The molecule has 0 aliphatic heterocycles. The Morgan fingerprint density at radius 1 is 0.927 bits per heavy atom. The molecule has 0 bridgehead atoms. The lowest BCUT2D eigenvalue weighted by Crippen LogP contribution is -2.25. The average Bonchev–Trinajstić information content (AvgIpc) is 2.97. The highest BCUT2D eigenvalue weighted by molar-refractivity contribution is 5.54. The molecule has 0 saturated heterocycles. The largest absolute Gasteiger partial charge is 0.372 e. The Morgan fingerprint density at radius 2 is 1.51 bits per heavy atom. The minimum atomic E-state index is -3.17. The van der Waals surface area contributed by atoms with Crippen molar-refractivity contribution in [3.8, 4) is 0 Å². The second-order valence-electron chi connectivity index (χ2n) is 9.24. The van der Waals surface area contributed by atoms with Crippen molar-refractivity contribution in [1.29, 1.82) is 0 Å². The smallest absolute Gasteiger partial charge is 0.342 e. The second-order valence-corrected chi connectivity index (χ2v) is 9.24. The molecule has 4 nitrogen and oxygen atoms in total. The summed E-state index contributed by atoms with van der Waals surface area (Å²) >= 11 is 0. The predicted octanol–water partition coefficient (Wildman–Crippen LogP) is 9.09. The minimum Gasteiger partial charge on any atom is -0.372 e. The third kappa shape index (κ3) is 15.9. The van der Waals surface area contributed by atoms with Crippen LogP contribution in [-0.2, 0) is 19.5 Å². The van der Waals surface area contributed by atoms with Crippen LogP contribution in [0.4, 0.5) is 18.9 Å². The molecule has 228 valence electrons. The lowest BCUT2D eigenvalue weighted by atomic mass is 10.0. The van der Waals surface area contributed by atoms with Gasteiger partial charge in [-0.3, -0.25) is 4.98 Å². The molecule has 0 spiro atoms. The van der Waals surface area contributed by atoms with E-state index in [9.17, 15) is 13.2 Å². The van der Waals surface area contributed by atoms with E-state index in [4.69, 9.17) is 5.11 Å². The highest BCUT2D eigenvalue weighted by atomic mass is 19.3. The lowest BCUT2D eigenvalue weighted by molar-refractivity contribution is -0.0728. The molecule has 41 heavy (non-hydrogen) atoms. The van der Waals surface area contributed by atoms with Crippen LogP contribution in [0.3, 0.4) is 0 Å². The number of anilines is 1. The first-order valence-corrected chi connectivity index (χ1v) is 14.5. The number of hydrogen-bond acceptors (Lipinski definition) is 4. The highest BCUT2D eigenvalue weighted by Gasteiger charge is 2.12. The van der Waals surface area contributed by atoms with E-state index in [1.54, 1.807) is 6.20 Å². The molecular weight excluding hydrogens is 523 g/mol. The standard InChI is InChI=1S/C24H33FN2.C7H9N.C2H6.CH2F2O/c1-6-13-27(14-7-2)24-15-19(4)20(5)22(16-24)18-26(8-3)17-21-9-11-23(25)12-10-21;1-2-7-4-3-5-8-6-7;1-2;2-1(3)4/h8-12,15-16H,3,6-7,13-14,17-18H2,1-2,4-5H3;3-6H,2H2,1H3;1-2H3;1,4H. The molecule has 0 saturated carbocycles. The predicted molar refractivity (Wildman–Crippen MR) is 168 cm³/mol. The zero-order valence-electron chi connectivity index (χ0n) is 26.0. The lowest BCUT2D eigenvalue weighted by Gasteiger charge is -2.27. The number of aliphatic hydroxyl groups is 1. The maximum atomic E-state index is 13.2. The van der Waals surface area contributed by atoms with Gasteiger partial charge >= 0.3 is 6.61 Å². The third-order valence-electron chi connectivity index (χ3n) is 6.17. The van der Waals surface area contributed by atoms with Gasteiger partial charge in [-0.2, -0.15) is 8.78 Å². The molecule has 0 fully saturated rings. The summed E-state index contributed by atoms with van der Waals surface area (Å²) in [6.45, 7) is 19.5. The van der Waals surface area contributed by atoms with E-state index in [1.165, 1.54) is 40.1 Å². The number of aryl methyl sites for hydroxylation is 2. The van der Waals surface area contributed by atoms with E-state index >= 15 is 0 Å². The Bertz CT molecular complexity index is 1070. The molecule has 0 atom stereocenters. The topological polar surface area (TPSA) is 39.6 Å². The summed E-state index contributed by atoms with van der Waals surface area (Å²) in [4.78, 5) is 8.62. The summed E-state index contributed by atoms with van der Waals surface area (Å²) in [5, 5.41) is 6.72. The van der Waals surface area contributed by atoms with Crippen LogP contribution in [0.15, 0.2) is 73.7 Å². The van der Waals surface area contributed by atoms with Crippen LogP contribution in [0.2, 0.25) is 0 Å². The Labute approximate surface area is 246 Å². The van der Waals surface area contributed by atoms with Crippen LogP contribution in [0.5, 0.6) is 0 Å². The van der Waals surface area contributed by atoms with Gasteiger partial charge in [-0.05, 0) is 97.5 Å². The second kappa shape index (κ2) is 22.4. The molecule has 7 heteroatoms. The van der Waals surface area contributed by atoms with Crippen molar-refractivity contribution in [2.75, 3.05) is 18.0 Å². The van der Waals surface area contributed by atoms with E-state index < -0.39 is 6.61 Å². The van der Waals surface area contributed by atoms with E-state index in [0.29, 0.717) is 0 Å². The normalized spacial score (nSPS) is 9.85. The van der Waals surface area contributed by atoms with Crippen molar-refractivity contribution < 1.29 is 18.3 Å². The fourth-order valence-electron chi connectivity index (χ4n) is 4.00. The summed E-state index contributed by atoms with van der Waals surface area (Å²) < 4.78 is 32.9. The minimum absolute atomic E-state index is 0.199. The molecule has 2 aromatic carbocycles. The molecule has 0 aliphatic carbocycles. The number of hydrogen-bond donors (Lipinski definition) is 1. The number of aliphatic hydroxyl groups excluding tert-OH is 1. The molecule has 0 aliphatic rings. The average molecular weight is 574 g/mol. The van der Waals surface area contributed by atoms with Crippen LogP contribution >= 0.6 is 0 Å². The number of alkyl halides is 2. The molecule has 0 unspecified atom stereocenters. The summed E-state index contributed by atoms with van der Waals surface area (Å²) in [6.07, 6.45) is 8.92. The summed E-state index contributed by atoms with van der Waals surface area (Å²) in [5.41, 5.74) is 7.67. The van der Waals surface area contributed by atoms with Crippen molar-refractivity contribution in [2.24, 2.45) is 0 Å². The number of pyridine rings is 1. The van der Waals surface area contributed by atoms with Crippen molar-refractivity contribution in [3.05, 3.63) is 107 Å². The highest BCUT2D eigenvalue weighted by Crippen LogP contribution is 2.25. The van der Waals surface area contributed by atoms with Crippen LogP contribution in [0.1, 0.15) is 75.3 Å². The van der Waals surface area contributed by atoms with Crippen LogP contribution < -0.4 is 4.90 Å². The van der Waals surface area contributed by atoms with Gasteiger partial charge in [-0.15, -0.1) is 0 Å². The van der Waals surface area contributed by atoms with Crippen molar-refractivity contribution in [2.45, 2.75) is 87.4 Å². The number of rotatable bonds is 11. The van der Waals surface area contributed by atoms with E-state index in [2.05, 4.69) is 74.2 Å². The van der Waals surface area contributed by atoms with E-state index in [-0.39, 0.29) is 5.82 Å². The summed E-state index contributed by atoms with van der Waals surface area (Å²) in [7, 11) is 0. The molecule has 0 radical (unpaired) electrons. The van der Waals surface area contributed by atoms with E-state index in [1.807, 2.05) is 44.4 Å². The molecular formula is C34H50F3N3O. The molecule has 1 heterocycles. The van der Waals surface area contributed by atoms with Gasteiger partial charge in [0.1, 0.15) is 5.82 Å². The first kappa shape index (κ1) is 37.7. The van der Waals surface area contributed by atoms with Gasteiger partial charge in [-0.1, -0.05) is 59.4 Å². The molecule has 1 N–H and O–H groups in total. The zero-order valence-corrected chi connectivity index (χ0v) is 26.0. The van der Waals surface area contributed by atoms with Gasteiger partial charge in [0.2, 0.25) is 0 Å². The number of aromatic nitrogens is 1. The van der Waals surface area contributed by atoms with Gasteiger partial charge in [0.25, 0.3) is 0 Å². The molecule has 1 aromatic heterocycles. The number of nitrogens with zero attached hydrogens (tertiary/aromatic N) is 3. The first-order chi connectivity index (χ1) is 19.6. The van der Waals surface area contributed by atoms with Crippen LogP contribution in [-0.4, -0.2) is 34.7 Å². The van der Waals surface area contributed by atoms with Crippen LogP contribution in [0.25, 0.3) is 0 Å². The Morgan fingerprint density at radius 3 is 1.95 bits per heavy atom. The Balaban J connectivity index is 0.000000940. The van der Waals surface area contributed by atoms with Gasteiger partial charge in [0.15, 0.2) is 0 Å². The molecule has 3 rings (SSSR count). The Kier molecular flexibility index (Phi) is 20.6. The molecule has 0 amide bonds. The third-order valence-corrected chi connectivity index (χ3v) is 6.17. The molecule has 3 aromatic rings. The van der Waals surface area contributed by atoms with Crippen LogP contribution in [0, 0.1) is 19.7 Å². The van der Waals surface area contributed by atoms with Gasteiger partial charge in [0, 0.05) is 44.3 Å². The maximum absolute atomic E-state index is 13.2. The monoisotopic (exact) mass is 573 g/mol. The number of halogens is 3. The first-order valence-electron chi connectivity index (χ1n) is 14.5. The van der Waals surface area contributed by atoms with Crippen molar-refractivity contribution in [3.63, 3.8) is 0 Å². The maximum Gasteiger partial charge on any atom is 0.342 e. The fourth-order valence-corrected chi connectivity index (χ4v) is 4.00. The fraction of sp³-hybridized carbons (Fsp3) is 0.441. The van der Waals surface area contributed by atoms with Gasteiger partial charge in [-0.25, -0.2) is 4.39 Å². The quantitative estimate of drug-likeness (QED) is 0.248. The van der Waals surface area contributed by atoms with Gasteiger partial charge < -0.3 is 14.9 Å². The van der Waals surface area contributed by atoms with Gasteiger partial charge in [0.05, 0.1) is 0 Å². The number of benzene rings is 2. The van der Waals surface area contributed by atoms with Crippen molar-refractivity contribution >= 4 is 5.69 Å². The van der Waals surface area contributed by atoms with Crippen molar-refractivity contribution in [1.82, 2.24) is 9.88 Å². The summed E-state index contributed by atoms with van der Waals surface area (Å²) in [6, 6.07) is 15.4.